The predicted octanol–water partition coefficient (Wildman–Crippen LogP) is 17.5. The maximum atomic E-state index is 5.34. The number of thiophene rings is 1. The fraction of sp³-hybridized carbons (Fsp3) is 0.323. The minimum atomic E-state index is -1.90. The number of nitrogens with zero attached hydrogens (tertiary/aromatic N) is 3. The molecular formula is C62H67GeIrN3S-2. The van der Waals surface area contributed by atoms with E-state index >= 15 is 0 Å². The zero-order chi connectivity index (χ0) is 47.0. The first-order chi connectivity index (χ1) is 32.1. The molecule has 9 aromatic rings. The van der Waals surface area contributed by atoms with Crippen molar-refractivity contribution in [2.75, 3.05) is 0 Å². The predicted molar refractivity (Wildman–Crippen MR) is 292 cm³/mol. The Bertz CT molecular complexity index is 3130. The Morgan fingerprint density at radius 1 is 0.706 bits per heavy atom. The number of imidazole rings is 1. The largest absolute Gasteiger partial charge is 0.333 e. The molecule has 1 aliphatic rings. The van der Waals surface area contributed by atoms with Gasteiger partial charge in [-0.2, -0.15) is 11.3 Å². The van der Waals surface area contributed by atoms with Crippen molar-refractivity contribution in [1.82, 2.24) is 14.5 Å². The molecule has 10 rings (SSSR count). The molecule has 6 aromatic carbocycles. The fourth-order valence-electron chi connectivity index (χ4n) is 10.2. The van der Waals surface area contributed by atoms with E-state index in [4.69, 9.17) is 9.97 Å². The first-order valence-electron chi connectivity index (χ1n) is 24.7. The van der Waals surface area contributed by atoms with Crippen molar-refractivity contribution in [3.63, 3.8) is 0 Å². The monoisotopic (exact) mass is 1150 g/mol. The fourth-order valence-corrected chi connectivity index (χ4v) is 14.6. The number of rotatable bonds is 9. The summed E-state index contributed by atoms with van der Waals surface area (Å²) in [6.07, 6.45) is 9.96. The molecule has 0 amide bonds. The van der Waals surface area contributed by atoms with Gasteiger partial charge in [-0.15, -0.1) is 23.8 Å². The van der Waals surface area contributed by atoms with Crippen LogP contribution in [0, 0.1) is 17.5 Å². The molecule has 0 N–H and O–H groups in total. The van der Waals surface area contributed by atoms with Crippen molar-refractivity contribution in [3.05, 3.63) is 168 Å². The average molecular weight is 1150 g/mol. The first-order valence-corrected chi connectivity index (χ1v) is 32.8. The van der Waals surface area contributed by atoms with Crippen molar-refractivity contribution in [2.24, 2.45) is 5.41 Å². The van der Waals surface area contributed by atoms with Crippen molar-refractivity contribution in [1.29, 1.82) is 0 Å². The van der Waals surface area contributed by atoms with Crippen LogP contribution in [-0.4, -0.2) is 27.8 Å². The van der Waals surface area contributed by atoms with Crippen LogP contribution in [0.3, 0.4) is 0 Å². The van der Waals surface area contributed by atoms with Crippen molar-refractivity contribution in [2.45, 2.75) is 122 Å². The summed E-state index contributed by atoms with van der Waals surface area (Å²) >= 11 is -0.0161. The smallest absolute Gasteiger partial charge is 0.0774 e. The van der Waals surface area contributed by atoms with Crippen LogP contribution >= 0.6 is 11.3 Å². The molecule has 3 nitrogen and oxygen atoms in total. The summed E-state index contributed by atoms with van der Waals surface area (Å²) in [4.78, 5) is 10.1. The van der Waals surface area contributed by atoms with Crippen molar-refractivity contribution in [3.8, 4) is 39.5 Å². The summed E-state index contributed by atoms with van der Waals surface area (Å²) in [7, 11) is 0. The Balaban J connectivity index is 0.000000240. The van der Waals surface area contributed by atoms with Crippen LogP contribution in [0.2, 0.25) is 17.3 Å². The topological polar surface area (TPSA) is 30.7 Å². The maximum absolute atomic E-state index is 5.34. The van der Waals surface area contributed by atoms with Gasteiger partial charge < -0.3 is 4.57 Å². The third kappa shape index (κ3) is 10.7. The van der Waals surface area contributed by atoms with Gasteiger partial charge in [-0.25, -0.2) is 0 Å². The van der Waals surface area contributed by atoms with E-state index in [0.29, 0.717) is 23.2 Å². The summed E-state index contributed by atoms with van der Waals surface area (Å²) in [6, 6.07) is 53.4. The summed E-state index contributed by atoms with van der Waals surface area (Å²) < 4.78 is 6.62. The van der Waals surface area contributed by atoms with Gasteiger partial charge in [0, 0.05) is 30.5 Å². The Morgan fingerprint density at radius 2 is 1.38 bits per heavy atom. The van der Waals surface area contributed by atoms with E-state index in [9.17, 15) is 0 Å². The van der Waals surface area contributed by atoms with Gasteiger partial charge in [0.15, 0.2) is 0 Å². The van der Waals surface area contributed by atoms with E-state index < -0.39 is 13.3 Å². The standard InChI is InChI=1S/C43H41N2S.C19H26GeN.Ir/c1-27(2)34-25-33(30-15-9-6-10-16-30)26-35(28(3)4)42(34)45-39-18-12-11-17-38(39)44-43(45)32-20-22-41-37(24-32)36-23-31(19-21-40(36)46-41)29-13-7-5-8-14-29;1-19(2,3)13-16-12-18(15-10-8-7-9-11-15)21-14-17(16)20(4,5)6;/h6,9-12,15-19,21-29H,5,7-8,13-14H2,1-4H3;7-10,12,14H,13H2,1-6H3;/q2*-1;. The third-order valence-electron chi connectivity index (χ3n) is 13.6. The van der Waals surface area contributed by atoms with Crippen LogP contribution < -0.4 is 4.40 Å². The Morgan fingerprint density at radius 3 is 2.04 bits per heavy atom. The van der Waals surface area contributed by atoms with Crippen LogP contribution in [0.25, 0.3) is 70.7 Å². The SMILES string of the molecule is CC(C)(C)Cc1cc(-c2[c-]cccc2)nc[c]1[Ge]([CH3])([CH3])[CH3].CC(C)c1cc(-c2ccccc2)cc(C(C)C)c1-n1c(-c2[c-]cc3sc4ccc(C5CCCCC5)cc4c3c2)nc2ccccc21.[Ir]. The molecule has 0 aliphatic heterocycles. The van der Waals surface area contributed by atoms with Crippen LogP contribution in [0.1, 0.15) is 121 Å². The Labute approximate surface area is 426 Å². The second-order valence-corrected chi connectivity index (χ2v) is 33.4. The number of para-hydroxylation sites is 2. The van der Waals surface area contributed by atoms with Gasteiger partial charge in [0.05, 0.1) is 16.9 Å². The third-order valence-corrected chi connectivity index (χ3v) is 19.0. The number of pyridine rings is 1. The number of hydrogen-bond acceptors (Lipinski definition) is 3. The molecule has 0 saturated heterocycles. The van der Waals surface area contributed by atoms with E-state index in [0.717, 1.165) is 40.1 Å². The molecule has 1 saturated carbocycles. The van der Waals surface area contributed by atoms with Crippen LogP contribution in [0.15, 0.2) is 134 Å². The van der Waals surface area contributed by atoms with Crippen LogP contribution in [-0.2, 0) is 26.5 Å². The second-order valence-electron chi connectivity index (χ2n) is 21.7. The molecule has 0 unspecified atom stereocenters. The summed E-state index contributed by atoms with van der Waals surface area (Å²) in [6.45, 7) is 16.2. The van der Waals surface area contributed by atoms with Gasteiger partial charge in [0.25, 0.3) is 0 Å². The molecule has 3 heterocycles. The van der Waals surface area contributed by atoms with Gasteiger partial charge in [0.1, 0.15) is 0 Å². The summed E-state index contributed by atoms with van der Waals surface area (Å²) in [5.41, 5.74) is 15.1. The van der Waals surface area contributed by atoms with E-state index in [1.165, 1.54) is 95.7 Å². The zero-order valence-corrected chi connectivity index (χ0v) is 47.1. The quantitative estimate of drug-likeness (QED) is 0.107. The normalized spacial score (nSPS) is 13.6. The molecule has 0 spiro atoms. The molecule has 1 aliphatic carbocycles. The zero-order valence-electron chi connectivity index (χ0n) is 41.8. The van der Waals surface area contributed by atoms with Gasteiger partial charge in [-0.05, 0) is 98.8 Å². The van der Waals surface area contributed by atoms with Crippen molar-refractivity contribution < 1.29 is 20.1 Å². The molecule has 68 heavy (non-hydrogen) atoms. The van der Waals surface area contributed by atoms with E-state index in [1.54, 1.807) is 0 Å². The molecule has 1 fully saturated rings. The van der Waals surface area contributed by atoms with Gasteiger partial charge >= 0.3 is 132 Å². The molecule has 351 valence electrons. The van der Waals surface area contributed by atoms with Crippen LogP contribution in [0.4, 0.5) is 0 Å². The van der Waals surface area contributed by atoms with E-state index in [1.807, 2.05) is 29.5 Å². The van der Waals surface area contributed by atoms with E-state index in [2.05, 4.69) is 198 Å². The molecule has 0 bridgehead atoms. The summed E-state index contributed by atoms with van der Waals surface area (Å²) in [5.74, 6) is 9.63. The molecule has 0 atom stereocenters. The Kier molecular flexibility index (Phi) is 15.2. The molecule has 3 aromatic heterocycles. The van der Waals surface area contributed by atoms with Crippen molar-refractivity contribution >= 4 is 60.2 Å². The van der Waals surface area contributed by atoms with Crippen LogP contribution in [0.5, 0.6) is 0 Å². The minimum absolute atomic E-state index is 0. The molecule has 1 radical (unpaired) electrons. The maximum Gasteiger partial charge on any atom is 0.0774 e. The number of aromatic nitrogens is 3. The number of hydrogen-bond donors (Lipinski definition) is 0. The number of fused-ring (bicyclic) bond motifs is 4. The second kappa shape index (κ2) is 20.8. The number of benzene rings is 6. The molecule has 6 heteroatoms. The Hall–Kier alpha value is -4.65. The van der Waals surface area contributed by atoms with Gasteiger partial charge in [0.2, 0.25) is 0 Å². The first kappa shape index (κ1) is 49.8. The summed E-state index contributed by atoms with van der Waals surface area (Å²) in [5, 5.41) is 2.69. The van der Waals surface area contributed by atoms with Gasteiger partial charge in [-0.3, -0.25) is 4.98 Å². The average Bonchev–Trinajstić information content (AvgIpc) is 3.89. The van der Waals surface area contributed by atoms with Gasteiger partial charge in [-0.1, -0.05) is 107 Å². The minimum Gasteiger partial charge on any atom is -0.333 e. The van der Waals surface area contributed by atoms with E-state index in [-0.39, 0.29) is 20.1 Å². The molecular weight excluding hydrogens is 1080 g/mol.